The minimum Gasteiger partial charge on any atom is -0.321 e. The fraction of sp³-hybridized carbons (Fsp3) is 0.250. The molecule has 0 spiro atoms. The minimum atomic E-state index is -0.0682. The summed E-state index contributed by atoms with van der Waals surface area (Å²) in [6, 6.07) is 9.68. The van der Waals surface area contributed by atoms with Crippen LogP contribution >= 0.6 is 0 Å². The lowest BCUT2D eigenvalue weighted by molar-refractivity contribution is 0.102. The molecule has 3 nitrogen and oxygen atoms in total. The second-order valence-corrected chi connectivity index (χ2v) is 4.89. The number of benzene rings is 1. The highest BCUT2D eigenvalue weighted by molar-refractivity contribution is 6.04. The van der Waals surface area contributed by atoms with E-state index in [0.29, 0.717) is 0 Å². The first-order chi connectivity index (χ1) is 9.33. The monoisotopic (exact) mass is 252 g/mol. The van der Waals surface area contributed by atoms with E-state index < -0.39 is 0 Å². The first-order valence-corrected chi connectivity index (χ1v) is 6.66. The van der Waals surface area contributed by atoms with Crippen LogP contribution in [0.4, 0.5) is 5.69 Å². The Balaban J connectivity index is 1.80. The Morgan fingerprint density at radius 2 is 1.95 bits per heavy atom. The summed E-state index contributed by atoms with van der Waals surface area (Å²) in [7, 11) is 0. The molecule has 0 atom stereocenters. The zero-order valence-electron chi connectivity index (χ0n) is 10.7. The van der Waals surface area contributed by atoms with Gasteiger partial charge in [0.05, 0.1) is 11.9 Å². The zero-order valence-corrected chi connectivity index (χ0v) is 10.7. The van der Waals surface area contributed by atoms with Gasteiger partial charge in [0, 0.05) is 11.8 Å². The third kappa shape index (κ3) is 2.65. The smallest absolute Gasteiger partial charge is 0.255 e. The van der Waals surface area contributed by atoms with E-state index in [9.17, 15) is 4.79 Å². The highest BCUT2D eigenvalue weighted by Crippen LogP contribution is 2.22. The third-order valence-corrected chi connectivity index (χ3v) is 3.53. The van der Waals surface area contributed by atoms with Crippen molar-refractivity contribution in [3.05, 3.63) is 59.4 Å². The van der Waals surface area contributed by atoms with E-state index in [1.54, 1.807) is 12.4 Å². The Labute approximate surface area is 112 Å². The second kappa shape index (κ2) is 5.22. The van der Waals surface area contributed by atoms with Gasteiger partial charge in [0.1, 0.15) is 0 Å². The Kier molecular flexibility index (Phi) is 3.27. The number of nitrogens with one attached hydrogen (secondary N) is 1. The summed E-state index contributed by atoms with van der Waals surface area (Å²) in [5.41, 5.74) is 4.17. The van der Waals surface area contributed by atoms with Gasteiger partial charge in [0.15, 0.2) is 0 Å². The van der Waals surface area contributed by atoms with Gasteiger partial charge in [0.25, 0.3) is 5.91 Å². The van der Waals surface area contributed by atoms with Gasteiger partial charge in [-0.1, -0.05) is 6.07 Å². The van der Waals surface area contributed by atoms with Gasteiger partial charge >= 0.3 is 0 Å². The van der Waals surface area contributed by atoms with Crippen molar-refractivity contribution in [2.45, 2.75) is 25.7 Å². The third-order valence-electron chi connectivity index (χ3n) is 3.53. The van der Waals surface area contributed by atoms with Crippen LogP contribution in [0.25, 0.3) is 0 Å². The van der Waals surface area contributed by atoms with Gasteiger partial charge < -0.3 is 5.32 Å². The number of hydrogen-bond acceptors (Lipinski definition) is 2. The Morgan fingerprint density at radius 3 is 2.74 bits per heavy atom. The van der Waals surface area contributed by atoms with Gasteiger partial charge in [-0.15, -0.1) is 0 Å². The number of carbonyl (C=O) groups excluding carboxylic acids is 1. The molecule has 19 heavy (non-hydrogen) atoms. The molecule has 1 aromatic heterocycles. The van der Waals surface area contributed by atoms with Crippen LogP contribution < -0.4 is 5.32 Å². The second-order valence-electron chi connectivity index (χ2n) is 4.89. The van der Waals surface area contributed by atoms with Crippen LogP contribution in [0.2, 0.25) is 0 Å². The van der Waals surface area contributed by atoms with Crippen LogP contribution in [-0.4, -0.2) is 10.9 Å². The van der Waals surface area contributed by atoms with Crippen molar-refractivity contribution < 1.29 is 4.79 Å². The average molecular weight is 252 g/mol. The van der Waals surface area contributed by atoms with Crippen molar-refractivity contribution in [2.75, 3.05) is 5.32 Å². The van der Waals surface area contributed by atoms with Crippen LogP contribution in [-0.2, 0) is 12.8 Å². The number of nitrogens with zero attached hydrogens (tertiary/aromatic N) is 1. The van der Waals surface area contributed by atoms with Gasteiger partial charge in [-0.25, -0.2) is 0 Å². The number of fused-ring (bicyclic) bond motifs is 1. The molecule has 2 aromatic rings. The molecule has 0 saturated carbocycles. The van der Waals surface area contributed by atoms with Crippen molar-refractivity contribution >= 4 is 11.6 Å². The molecule has 0 unspecified atom stereocenters. The molecular formula is C16H16N2O. The molecule has 1 aromatic carbocycles. The number of aryl methyl sites for hydroxylation is 2. The minimum absolute atomic E-state index is 0.0682. The first-order valence-electron chi connectivity index (χ1n) is 6.66. The number of pyridine rings is 1. The van der Waals surface area contributed by atoms with Gasteiger partial charge in [-0.3, -0.25) is 9.78 Å². The summed E-state index contributed by atoms with van der Waals surface area (Å²) in [6.45, 7) is 0. The number of hydrogen-bond donors (Lipinski definition) is 1. The summed E-state index contributed by atoms with van der Waals surface area (Å²) in [5, 5.41) is 2.86. The van der Waals surface area contributed by atoms with Crippen molar-refractivity contribution in [1.82, 2.24) is 4.98 Å². The lowest BCUT2D eigenvalue weighted by Gasteiger charge is -2.16. The predicted octanol–water partition coefficient (Wildman–Crippen LogP) is 3.21. The quantitative estimate of drug-likeness (QED) is 0.891. The Hall–Kier alpha value is -2.16. The largest absolute Gasteiger partial charge is 0.321 e. The molecule has 0 saturated heterocycles. The predicted molar refractivity (Wildman–Crippen MR) is 75.3 cm³/mol. The van der Waals surface area contributed by atoms with Gasteiger partial charge in [0.2, 0.25) is 0 Å². The van der Waals surface area contributed by atoms with E-state index in [1.807, 2.05) is 24.3 Å². The molecule has 3 rings (SSSR count). The molecule has 1 heterocycles. The number of anilines is 1. The molecule has 96 valence electrons. The molecule has 0 radical (unpaired) electrons. The molecule has 1 amide bonds. The summed E-state index contributed by atoms with van der Waals surface area (Å²) in [6.07, 6.45) is 8.04. The van der Waals surface area contributed by atoms with Crippen molar-refractivity contribution in [2.24, 2.45) is 0 Å². The van der Waals surface area contributed by atoms with Crippen LogP contribution in [0.1, 0.15) is 34.3 Å². The van der Waals surface area contributed by atoms with Crippen molar-refractivity contribution in [3.63, 3.8) is 0 Å². The fourth-order valence-corrected chi connectivity index (χ4v) is 2.51. The van der Waals surface area contributed by atoms with Crippen molar-refractivity contribution in [1.29, 1.82) is 0 Å². The molecule has 0 bridgehead atoms. The molecule has 1 aliphatic rings. The SMILES string of the molecule is O=C(Nc1cccnc1)c1ccc2c(c1)CCCC2. The van der Waals surface area contributed by atoms with Gasteiger partial charge in [-0.05, 0) is 61.1 Å². The van der Waals surface area contributed by atoms with E-state index in [4.69, 9.17) is 0 Å². The highest BCUT2D eigenvalue weighted by Gasteiger charge is 2.12. The lowest BCUT2D eigenvalue weighted by Crippen LogP contribution is -2.13. The van der Waals surface area contributed by atoms with Crippen molar-refractivity contribution in [3.8, 4) is 0 Å². The van der Waals surface area contributed by atoms with Gasteiger partial charge in [-0.2, -0.15) is 0 Å². The molecule has 1 N–H and O–H groups in total. The summed E-state index contributed by atoms with van der Waals surface area (Å²) in [5.74, 6) is -0.0682. The molecule has 1 aliphatic carbocycles. The van der Waals surface area contributed by atoms with E-state index >= 15 is 0 Å². The van der Waals surface area contributed by atoms with E-state index in [-0.39, 0.29) is 5.91 Å². The summed E-state index contributed by atoms with van der Waals surface area (Å²) < 4.78 is 0. The number of amides is 1. The number of aromatic nitrogens is 1. The maximum Gasteiger partial charge on any atom is 0.255 e. The standard InChI is InChI=1S/C16H16N2O/c19-16(18-15-6-3-9-17-11-15)14-8-7-12-4-1-2-5-13(12)10-14/h3,6-11H,1-2,4-5H2,(H,18,19). The normalized spacial score (nSPS) is 13.7. The van der Waals surface area contributed by atoms with Crippen LogP contribution in [0, 0.1) is 0 Å². The van der Waals surface area contributed by atoms with Crippen LogP contribution in [0.15, 0.2) is 42.7 Å². The van der Waals surface area contributed by atoms with Crippen LogP contribution in [0.5, 0.6) is 0 Å². The average Bonchev–Trinajstić information content (AvgIpc) is 2.48. The summed E-state index contributed by atoms with van der Waals surface area (Å²) >= 11 is 0. The van der Waals surface area contributed by atoms with E-state index in [2.05, 4.69) is 16.4 Å². The maximum atomic E-state index is 12.2. The number of rotatable bonds is 2. The van der Waals surface area contributed by atoms with E-state index in [1.165, 1.54) is 24.0 Å². The lowest BCUT2D eigenvalue weighted by atomic mass is 9.90. The first kappa shape index (κ1) is 11.9. The maximum absolute atomic E-state index is 12.2. The summed E-state index contributed by atoms with van der Waals surface area (Å²) in [4.78, 5) is 16.1. The molecule has 0 aliphatic heterocycles. The van der Waals surface area contributed by atoms with Crippen LogP contribution in [0.3, 0.4) is 0 Å². The Bertz CT molecular complexity index is 593. The Morgan fingerprint density at radius 1 is 1.11 bits per heavy atom. The number of carbonyl (C=O) groups is 1. The zero-order chi connectivity index (χ0) is 13.1. The molecule has 3 heteroatoms. The van der Waals surface area contributed by atoms with E-state index in [0.717, 1.165) is 24.1 Å². The highest BCUT2D eigenvalue weighted by atomic mass is 16.1. The topological polar surface area (TPSA) is 42.0 Å². The molecular weight excluding hydrogens is 236 g/mol. The molecule has 0 fully saturated rings. The fourth-order valence-electron chi connectivity index (χ4n) is 2.51.